The zero-order valence-corrected chi connectivity index (χ0v) is 15.0. The summed E-state index contributed by atoms with van der Waals surface area (Å²) in [6.07, 6.45) is 1.93. The fourth-order valence-electron chi connectivity index (χ4n) is 2.90. The Balaban J connectivity index is 1.50. The maximum atomic E-state index is 10.4. The lowest BCUT2D eigenvalue weighted by Gasteiger charge is -2.25. The highest BCUT2D eigenvalue weighted by atomic mass is 16.5. The normalized spacial score (nSPS) is 15.2. The number of aliphatic hydroxyl groups excluding tert-OH is 1. The molecule has 0 unspecified atom stereocenters. The first-order valence-electron chi connectivity index (χ1n) is 8.88. The van der Waals surface area contributed by atoms with Crippen molar-refractivity contribution in [3.63, 3.8) is 0 Å². The molecule has 4 heteroatoms. The maximum absolute atomic E-state index is 10.4. The fraction of sp³-hybridized carbons (Fsp3) is 0.429. The average molecular weight is 341 g/mol. The molecular formula is C21H27NO3. The molecule has 0 radical (unpaired) electrons. The lowest BCUT2D eigenvalue weighted by molar-refractivity contribution is 0.0626. The number of benzene rings is 2. The van der Waals surface area contributed by atoms with E-state index in [9.17, 15) is 5.11 Å². The van der Waals surface area contributed by atoms with Gasteiger partial charge in [-0.3, -0.25) is 4.90 Å². The Morgan fingerprint density at radius 2 is 1.68 bits per heavy atom. The lowest BCUT2D eigenvalue weighted by atomic mass is 10.1. The minimum absolute atomic E-state index is 0.295. The van der Waals surface area contributed by atoms with Gasteiger partial charge in [-0.2, -0.15) is 0 Å². The first-order chi connectivity index (χ1) is 12.1. The van der Waals surface area contributed by atoms with Gasteiger partial charge in [0, 0.05) is 19.1 Å². The van der Waals surface area contributed by atoms with Crippen LogP contribution in [0.3, 0.4) is 0 Å². The number of hydrogen-bond donors (Lipinski definition) is 1. The van der Waals surface area contributed by atoms with Gasteiger partial charge in [-0.05, 0) is 49.6 Å². The van der Waals surface area contributed by atoms with Crippen molar-refractivity contribution in [2.75, 3.05) is 20.3 Å². The molecule has 1 aliphatic carbocycles. The summed E-state index contributed by atoms with van der Waals surface area (Å²) in [7, 11) is 1.64. The smallest absolute Gasteiger partial charge is 0.119 e. The second-order valence-corrected chi connectivity index (χ2v) is 6.79. The van der Waals surface area contributed by atoms with Gasteiger partial charge in [-0.25, -0.2) is 0 Å². The molecule has 0 aliphatic heterocycles. The second kappa shape index (κ2) is 8.37. The molecule has 0 bridgehead atoms. The summed E-state index contributed by atoms with van der Waals surface area (Å²) in [6.45, 7) is 3.91. The molecule has 1 aliphatic rings. The van der Waals surface area contributed by atoms with E-state index >= 15 is 0 Å². The van der Waals surface area contributed by atoms with E-state index in [0.29, 0.717) is 19.2 Å². The van der Waals surface area contributed by atoms with E-state index in [1.807, 2.05) is 24.3 Å². The summed E-state index contributed by atoms with van der Waals surface area (Å²) in [5, 5.41) is 10.4. The van der Waals surface area contributed by atoms with Crippen molar-refractivity contribution in [3.05, 3.63) is 59.7 Å². The maximum Gasteiger partial charge on any atom is 0.119 e. The molecule has 1 fully saturated rings. The zero-order chi connectivity index (χ0) is 17.6. The Labute approximate surface area is 150 Å². The van der Waals surface area contributed by atoms with Crippen LogP contribution in [0.5, 0.6) is 11.5 Å². The third-order valence-electron chi connectivity index (χ3n) is 4.52. The van der Waals surface area contributed by atoms with E-state index in [4.69, 9.17) is 9.47 Å². The van der Waals surface area contributed by atoms with Crippen molar-refractivity contribution in [1.82, 2.24) is 4.90 Å². The summed E-state index contributed by atoms with van der Waals surface area (Å²) >= 11 is 0. The van der Waals surface area contributed by atoms with E-state index in [1.54, 1.807) is 7.11 Å². The molecule has 0 saturated heterocycles. The van der Waals surface area contributed by atoms with Gasteiger partial charge < -0.3 is 14.6 Å². The van der Waals surface area contributed by atoms with Crippen molar-refractivity contribution < 1.29 is 14.6 Å². The Morgan fingerprint density at radius 3 is 2.28 bits per heavy atom. The molecule has 2 aromatic rings. The largest absolute Gasteiger partial charge is 0.497 e. The topological polar surface area (TPSA) is 41.9 Å². The molecule has 1 N–H and O–H groups in total. The predicted octanol–water partition coefficient (Wildman–Crippen LogP) is 3.41. The molecule has 25 heavy (non-hydrogen) atoms. The number of rotatable bonds is 9. The molecule has 3 rings (SSSR count). The molecule has 2 aromatic carbocycles. The molecule has 134 valence electrons. The van der Waals surface area contributed by atoms with Crippen LogP contribution in [0.4, 0.5) is 0 Å². The van der Waals surface area contributed by atoms with Gasteiger partial charge in [0.05, 0.1) is 7.11 Å². The van der Waals surface area contributed by atoms with Gasteiger partial charge in [-0.15, -0.1) is 0 Å². The van der Waals surface area contributed by atoms with Gasteiger partial charge in [-0.1, -0.05) is 29.8 Å². The van der Waals surface area contributed by atoms with E-state index in [1.165, 1.54) is 24.0 Å². The molecule has 0 spiro atoms. The highest BCUT2D eigenvalue weighted by Crippen LogP contribution is 2.28. The third kappa shape index (κ3) is 5.48. The monoisotopic (exact) mass is 341 g/mol. The zero-order valence-electron chi connectivity index (χ0n) is 15.0. The quantitative estimate of drug-likeness (QED) is 0.759. The molecular weight excluding hydrogens is 314 g/mol. The van der Waals surface area contributed by atoms with Crippen LogP contribution in [0.1, 0.15) is 24.0 Å². The molecule has 1 saturated carbocycles. The van der Waals surface area contributed by atoms with Crippen LogP contribution < -0.4 is 9.47 Å². The summed E-state index contributed by atoms with van der Waals surface area (Å²) in [4.78, 5) is 2.37. The summed E-state index contributed by atoms with van der Waals surface area (Å²) in [5.41, 5.74) is 2.57. The third-order valence-corrected chi connectivity index (χ3v) is 4.52. The predicted molar refractivity (Wildman–Crippen MR) is 99.1 cm³/mol. The highest BCUT2D eigenvalue weighted by Gasteiger charge is 2.30. The molecule has 4 nitrogen and oxygen atoms in total. The van der Waals surface area contributed by atoms with Crippen molar-refractivity contribution >= 4 is 0 Å². The van der Waals surface area contributed by atoms with Crippen LogP contribution in [-0.2, 0) is 6.54 Å². The number of methoxy groups -OCH3 is 1. The number of aryl methyl sites for hydroxylation is 1. The van der Waals surface area contributed by atoms with E-state index < -0.39 is 6.10 Å². The second-order valence-electron chi connectivity index (χ2n) is 6.79. The van der Waals surface area contributed by atoms with Gasteiger partial charge >= 0.3 is 0 Å². The Kier molecular flexibility index (Phi) is 5.95. The van der Waals surface area contributed by atoms with E-state index in [-0.39, 0.29) is 0 Å². The number of hydrogen-bond acceptors (Lipinski definition) is 4. The number of aliphatic hydroxyl groups is 1. The summed E-state index contributed by atoms with van der Waals surface area (Å²) in [6, 6.07) is 16.7. The van der Waals surface area contributed by atoms with Crippen LogP contribution in [0.15, 0.2) is 48.5 Å². The van der Waals surface area contributed by atoms with E-state index in [0.717, 1.165) is 18.0 Å². The van der Waals surface area contributed by atoms with Crippen molar-refractivity contribution in [3.8, 4) is 11.5 Å². The summed E-state index contributed by atoms with van der Waals surface area (Å²) < 4.78 is 10.8. The van der Waals surface area contributed by atoms with Gasteiger partial charge in [0.25, 0.3) is 0 Å². The van der Waals surface area contributed by atoms with Crippen molar-refractivity contribution in [1.29, 1.82) is 0 Å². The Morgan fingerprint density at radius 1 is 1.04 bits per heavy atom. The van der Waals surface area contributed by atoms with Crippen LogP contribution in [0, 0.1) is 6.92 Å². The standard InChI is InChI=1S/C21H27NO3/c1-16-3-5-17(6-4-16)13-22(18-7-8-18)14-19(23)15-25-21-11-9-20(24-2)10-12-21/h3-6,9-12,18-19,23H,7-8,13-15H2,1-2H3/t19-/m0/s1. The van der Waals surface area contributed by atoms with E-state index in [2.05, 4.69) is 36.1 Å². The Hall–Kier alpha value is -2.04. The van der Waals surface area contributed by atoms with Gasteiger partial charge in [0.15, 0.2) is 0 Å². The van der Waals surface area contributed by atoms with Crippen LogP contribution in [0.25, 0.3) is 0 Å². The first kappa shape index (κ1) is 17.8. The number of ether oxygens (including phenoxy) is 2. The van der Waals surface area contributed by atoms with Crippen LogP contribution in [-0.4, -0.2) is 42.4 Å². The number of nitrogens with zero attached hydrogens (tertiary/aromatic N) is 1. The SMILES string of the molecule is COc1ccc(OC[C@@H](O)CN(Cc2ccc(C)cc2)C2CC2)cc1. The minimum Gasteiger partial charge on any atom is -0.497 e. The molecule has 1 atom stereocenters. The van der Waals surface area contributed by atoms with Crippen molar-refractivity contribution in [2.24, 2.45) is 0 Å². The minimum atomic E-state index is -0.506. The molecule has 0 heterocycles. The van der Waals surface area contributed by atoms with Crippen LogP contribution in [0.2, 0.25) is 0 Å². The molecule has 0 aromatic heterocycles. The lowest BCUT2D eigenvalue weighted by Crippen LogP contribution is -2.36. The fourth-order valence-corrected chi connectivity index (χ4v) is 2.90. The van der Waals surface area contributed by atoms with Crippen molar-refractivity contribution in [2.45, 2.75) is 38.5 Å². The van der Waals surface area contributed by atoms with Crippen LogP contribution >= 0.6 is 0 Å². The van der Waals surface area contributed by atoms with Gasteiger partial charge in [0.2, 0.25) is 0 Å². The Bertz CT molecular complexity index is 650. The summed E-state index contributed by atoms with van der Waals surface area (Å²) in [5.74, 6) is 1.54. The molecule has 0 amide bonds. The highest BCUT2D eigenvalue weighted by molar-refractivity contribution is 5.31. The van der Waals surface area contributed by atoms with Gasteiger partial charge in [0.1, 0.15) is 24.2 Å². The average Bonchev–Trinajstić information content (AvgIpc) is 3.47. The first-order valence-corrected chi connectivity index (χ1v) is 8.88.